The van der Waals surface area contributed by atoms with E-state index in [4.69, 9.17) is 10.3 Å². The van der Waals surface area contributed by atoms with E-state index < -0.39 is 0 Å². The van der Waals surface area contributed by atoms with Crippen molar-refractivity contribution in [3.8, 4) is 0 Å². The van der Waals surface area contributed by atoms with Crippen LogP contribution in [-0.4, -0.2) is 10.1 Å². The highest BCUT2D eigenvalue weighted by molar-refractivity contribution is 5.16. The summed E-state index contributed by atoms with van der Waals surface area (Å²) in [5, 5.41) is 4.08. The topological polar surface area (TPSA) is 64.9 Å². The molecule has 20 heavy (non-hydrogen) atoms. The number of nitrogens with zero attached hydrogens (tertiary/aromatic N) is 2. The first kappa shape index (κ1) is 13.3. The molecule has 1 aliphatic rings. The summed E-state index contributed by atoms with van der Waals surface area (Å²) in [6.45, 7) is 4.45. The highest BCUT2D eigenvalue weighted by atomic mass is 16.5. The van der Waals surface area contributed by atoms with Crippen molar-refractivity contribution in [2.45, 2.75) is 45.1 Å². The molecule has 0 amide bonds. The molecule has 0 radical (unpaired) electrons. The summed E-state index contributed by atoms with van der Waals surface area (Å²) in [7, 11) is 0. The first-order valence-corrected chi connectivity index (χ1v) is 7.19. The van der Waals surface area contributed by atoms with E-state index >= 15 is 0 Å². The van der Waals surface area contributed by atoms with E-state index in [0.717, 1.165) is 25.1 Å². The molecule has 0 aliphatic heterocycles. The van der Waals surface area contributed by atoms with Crippen LogP contribution in [0.2, 0.25) is 0 Å². The first-order valence-electron chi connectivity index (χ1n) is 7.19. The Morgan fingerprint density at radius 3 is 2.70 bits per heavy atom. The van der Waals surface area contributed by atoms with Gasteiger partial charge in [0, 0.05) is 5.92 Å². The predicted molar refractivity (Wildman–Crippen MR) is 77.1 cm³/mol. The fourth-order valence-corrected chi connectivity index (χ4v) is 2.54. The summed E-state index contributed by atoms with van der Waals surface area (Å²) in [5.41, 5.74) is 7.75. The predicted octanol–water partition coefficient (Wildman–Crippen LogP) is 3.22. The van der Waals surface area contributed by atoms with Gasteiger partial charge in [0.2, 0.25) is 5.89 Å². The van der Waals surface area contributed by atoms with Crippen LogP contribution in [0.4, 0.5) is 0 Å². The third-order valence-electron chi connectivity index (χ3n) is 4.19. The number of aryl methyl sites for hydroxylation is 1. The molecule has 0 spiro atoms. The summed E-state index contributed by atoms with van der Waals surface area (Å²) in [4.78, 5) is 4.48. The zero-order valence-corrected chi connectivity index (χ0v) is 12.0. The summed E-state index contributed by atoms with van der Waals surface area (Å²) < 4.78 is 5.32. The molecule has 2 unspecified atom stereocenters. The molecule has 2 aromatic rings. The summed E-state index contributed by atoms with van der Waals surface area (Å²) in [6, 6.07) is 10.1. The molecule has 4 nitrogen and oxygen atoms in total. The van der Waals surface area contributed by atoms with E-state index in [0.29, 0.717) is 17.2 Å². The Bertz CT molecular complexity index is 576. The van der Waals surface area contributed by atoms with Crippen LogP contribution in [0.3, 0.4) is 0 Å². The van der Waals surface area contributed by atoms with Crippen LogP contribution >= 0.6 is 0 Å². The number of rotatable bonds is 5. The Kier molecular flexibility index (Phi) is 3.34. The lowest BCUT2D eigenvalue weighted by atomic mass is 10.1. The van der Waals surface area contributed by atoms with Crippen molar-refractivity contribution in [2.24, 2.45) is 11.1 Å². The highest BCUT2D eigenvalue weighted by Crippen LogP contribution is 2.57. The molecule has 1 aliphatic carbocycles. The van der Waals surface area contributed by atoms with Crippen molar-refractivity contribution in [1.82, 2.24) is 10.1 Å². The van der Waals surface area contributed by atoms with Crippen LogP contribution in [0.1, 0.15) is 55.9 Å². The van der Waals surface area contributed by atoms with Crippen molar-refractivity contribution in [1.29, 1.82) is 0 Å². The maximum atomic E-state index is 6.15. The minimum Gasteiger partial charge on any atom is -0.338 e. The summed E-state index contributed by atoms with van der Waals surface area (Å²) >= 11 is 0. The average Bonchev–Trinajstić information content (AvgIpc) is 2.89. The Hall–Kier alpha value is -1.68. The van der Waals surface area contributed by atoms with E-state index in [2.05, 4.69) is 36.1 Å². The van der Waals surface area contributed by atoms with Gasteiger partial charge < -0.3 is 10.3 Å². The van der Waals surface area contributed by atoms with E-state index in [-0.39, 0.29) is 6.04 Å². The van der Waals surface area contributed by atoms with Gasteiger partial charge in [-0.05, 0) is 30.2 Å². The lowest BCUT2D eigenvalue weighted by molar-refractivity contribution is 0.344. The normalized spacial score (nSPS) is 21.6. The van der Waals surface area contributed by atoms with Crippen molar-refractivity contribution in [3.05, 3.63) is 47.6 Å². The first-order chi connectivity index (χ1) is 9.56. The SMILES string of the molecule is CC1(C)CC1c1noc(C(N)CCc2ccccc2)n1. The fraction of sp³-hybridized carbons (Fsp3) is 0.500. The lowest BCUT2D eigenvalue weighted by Gasteiger charge is -2.06. The molecule has 106 valence electrons. The number of benzene rings is 1. The standard InChI is InChI=1S/C16H21N3O/c1-16(2)10-12(16)14-18-15(20-19-14)13(17)9-8-11-6-4-3-5-7-11/h3-7,12-13H,8-10,17H2,1-2H3. The van der Waals surface area contributed by atoms with E-state index in [1.165, 1.54) is 5.56 Å². The number of aromatic nitrogens is 2. The summed E-state index contributed by atoms with van der Waals surface area (Å²) in [5.74, 6) is 1.82. The van der Waals surface area contributed by atoms with Crippen molar-refractivity contribution < 1.29 is 4.52 Å². The molecule has 0 bridgehead atoms. The third-order valence-corrected chi connectivity index (χ3v) is 4.19. The lowest BCUT2D eigenvalue weighted by Crippen LogP contribution is -2.12. The molecule has 0 saturated heterocycles. The van der Waals surface area contributed by atoms with Gasteiger partial charge in [0.15, 0.2) is 5.82 Å². The number of hydrogen-bond donors (Lipinski definition) is 1. The van der Waals surface area contributed by atoms with E-state index in [1.807, 2.05) is 18.2 Å². The maximum Gasteiger partial charge on any atom is 0.243 e. The largest absolute Gasteiger partial charge is 0.338 e. The van der Waals surface area contributed by atoms with Gasteiger partial charge in [-0.15, -0.1) is 0 Å². The second-order valence-electron chi connectivity index (χ2n) is 6.37. The van der Waals surface area contributed by atoms with Gasteiger partial charge in [0.25, 0.3) is 0 Å². The minimum atomic E-state index is -0.182. The van der Waals surface area contributed by atoms with Gasteiger partial charge in [-0.3, -0.25) is 0 Å². The number of hydrogen-bond acceptors (Lipinski definition) is 4. The monoisotopic (exact) mass is 271 g/mol. The molecule has 1 saturated carbocycles. The molecule has 2 atom stereocenters. The van der Waals surface area contributed by atoms with Crippen molar-refractivity contribution >= 4 is 0 Å². The van der Waals surface area contributed by atoms with Crippen molar-refractivity contribution in [3.63, 3.8) is 0 Å². The number of nitrogens with two attached hydrogens (primary N) is 1. The molecule has 1 aromatic heterocycles. The van der Waals surface area contributed by atoms with Gasteiger partial charge in [0.1, 0.15) is 0 Å². The van der Waals surface area contributed by atoms with Crippen LogP contribution in [-0.2, 0) is 6.42 Å². The molecule has 3 rings (SSSR count). The molecular weight excluding hydrogens is 250 g/mol. The Labute approximate surface area is 119 Å². The zero-order valence-electron chi connectivity index (χ0n) is 12.0. The van der Waals surface area contributed by atoms with Crippen molar-refractivity contribution in [2.75, 3.05) is 0 Å². The minimum absolute atomic E-state index is 0.182. The molecule has 1 aromatic carbocycles. The van der Waals surface area contributed by atoms with Gasteiger partial charge in [0.05, 0.1) is 6.04 Å². The van der Waals surface area contributed by atoms with Crippen LogP contribution in [0.25, 0.3) is 0 Å². The molecule has 4 heteroatoms. The van der Waals surface area contributed by atoms with Gasteiger partial charge in [-0.25, -0.2) is 0 Å². The van der Waals surface area contributed by atoms with Gasteiger partial charge in [-0.2, -0.15) is 4.98 Å². The maximum absolute atomic E-state index is 6.15. The third kappa shape index (κ3) is 2.75. The smallest absolute Gasteiger partial charge is 0.243 e. The second-order valence-corrected chi connectivity index (χ2v) is 6.37. The molecule has 1 heterocycles. The Balaban J connectivity index is 1.59. The molecule has 1 fully saturated rings. The van der Waals surface area contributed by atoms with Crippen LogP contribution < -0.4 is 5.73 Å². The molecule has 2 N–H and O–H groups in total. The average molecular weight is 271 g/mol. The summed E-state index contributed by atoms with van der Waals surface area (Å²) in [6.07, 6.45) is 2.87. The quantitative estimate of drug-likeness (QED) is 0.906. The van der Waals surface area contributed by atoms with E-state index in [1.54, 1.807) is 0 Å². The fourth-order valence-electron chi connectivity index (χ4n) is 2.54. The highest BCUT2D eigenvalue weighted by Gasteiger charge is 2.49. The molecular formula is C16H21N3O. The Morgan fingerprint density at radius 2 is 2.05 bits per heavy atom. The van der Waals surface area contributed by atoms with Crippen LogP contribution in [0.15, 0.2) is 34.9 Å². The van der Waals surface area contributed by atoms with E-state index in [9.17, 15) is 0 Å². The Morgan fingerprint density at radius 1 is 1.35 bits per heavy atom. The van der Waals surface area contributed by atoms with Gasteiger partial charge >= 0.3 is 0 Å². The van der Waals surface area contributed by atoms with Crippen LogP contribution in [0, 0.1) is 5.41 Å². The van der Waals surface area contributed by atoms with Crippen LogP contribution in [0.5, 0.6) is 0 Å². The van der Waals surface area contributed by atoms with Gasteiger partial charge in [-0.1, -0.05) is 49.3 Å². The second kappa shape index (κ2) is 5.02. The zero-order chi connectivity index (χ0) is 14.2.